The Morgan fingerprint density at radius 1 is 1.15 bits per heavy atom. The molecule has 134 valence electrons. The molecule has 1 saturated carbocycles. The molecule has 2 bridgehead atoms. The number of benzene rings is 1. The summed E-state index contributed by atoms with van der Waals surface area (Å²) in [7, 11) is 0. The third kappa shape index (κ3) is 1.84. The lowest BCUT2D eigenvalue weighted by Gasteiger charge is -2.36. The van der Waals surface area contributed by atoms with Crippen LogP contribution in [0.5, 0.6) is 11.8 Å². The summed E-state index contributed by atoms with van der Waals surface area (Å²) >= 11 is 0. The van der Waals surface area contributed by atoms with Crippen LogP contribution in [0.3, 0.4) is 0 Å². The van der Waals surface area contributed by atoms with Gasteiger partial charge in [-0.25, -0.2) is 0 Å². The van der Waals surface area contributed by atoms with E-state index in [9.17, 15) is 23.4 Å². The molecule has 0 amide bonds. The number of alkyl halides is 3. The Labute approximate surface area is 146 Å². The molecule has 5 nitrogen and oxygen atoms in total. The molecule has 8 heteroatoms. The summed E-state index contributed by atoms with van der Waals surface area (Å²) in [6, 6.07) is 4.60. The second-order valence-corrected chi connectivity index (χ2v) is 7.21. The SMILES string of the molecule is N#Cc1ccc(-n2c(O)c3c(c2O)[C@@H]2CN[C@H]3[C@H]3C[C@H]32)cc1C(F)(F)F. The zero-order valence-electron chi connectivity index (χ0n) is 13.4. The van der Waals surface area contributed by atoms with Gasteiger partial charge in [-0.2, -0.15) is 18.4 Å². The average molecular weight is 361 g/mol. The highest BCUT2D eigenvalue weighted by atomic mass is 19.4. The van der Waals surface area contributed by atoms with Crippen molar-refractivity contribution in [1.29, 1.82) is 5.26 Å². The van der Waals surface area contributed by atoms with Crippen LogP contribution in [0.1, 0.15) is 40.6 Å². The number of nitrogens with zero attached hydrogens (tertiary/aromatic N) is 2. The van der Waals surface area contributed by atoms with Crippen molar-refractivity contribution in [2.45, 2.75) is 24.6 Å². The number of aromatic nitrogens is 1. The van der Waals surface area contributed by atoms with Gasteiger partial charge in [-0.1, -0.05) is 0 Å². The quantitative estimate of drug-likeness (QED) is 0.729. The number of halogens is 3. The molecule has 6 rings (SSSR count). The third-order valence-electron chi connectivity index (χ3n) is 5.96. The molecule has 1 aromatic heterocycles. The molecule has 2 fully saturated rings. The highest BCUT2D eigenvalue weighted by molar-refractivity contribution is 5.60. The molecule has 3 heterocycles. The van der Waals surface area contributed by atoms with Crippen LogP contribution in [-0.4, -0.2) is 21.3 Å². The lowest BCUT2D eigenvalue weighted by atomic mass is 9.78. The van der Waals surface area contributed by atoms with Crippen molar-refractivity contribution in [3.8, 4) is 23.5 Å². The summed E-state index contributed by atoms with van der Waals surface area (Å²) in [6.45, 7) is 0.691. The summed E-state index contributed by atoms with van der Waals surface area (Å²) in [6.07, 6.45) is -3.67. The summed E-state index contributed by atoms with van der Waals surface area (Å²) in [4.78, 5) is 0. The van der Waals surface area contributed by atoms with E-state index < -0.39 is 17.3 Å². The molecule has 3 N–H and O–H groups in total. The second kappa shape index (κ2) is 4.74. The summed E-state index contributed by atoms with van der Waals surface area (Å²) in [5.41, 5.74) is -0.376. The molecule has 4 aliphatic rings. The maximum Gasteiger partial charge on any atom is 0.417 e. The maximum atomic E-state index is 13.3. The van der Waals surface area contributed by atoms with E-state index in [4.69, 9.17) is 5.26 Å². The number of nitriles is 1. The van der Waals surface area contributed by atoms with E-state index in [1.807, 2.05) is 0 Å². The minimum atomic E-state index is -4.71. The monoisotopic (exact) mass is 361 g/mol. The van der Waals surface area contributed by atoms with Gasteiger partial charge in [-0.15, -0.1) is 0 Å². The number of hydrogen-bond acceptors (Lipinski definition) is 4. The van der Waals surface area contributed by atoms with Crippen molar-refractivity contribution < 1.29 is 23.4 Å². The van der Waals surface area contributed by atoms with Gasteiger partial charge in [-0.3, -0.25) is 4.57 Å². The predicted octanol–water partition coefficient (Wildman–Crippen LogP) is 3.16. The Morgan fingerprint density at radius 3 is 2.58 bits per heavy atom. The van der Waals surface area contributed by atoms with Crippen molar-refractivity contribution in [2.24, 2.45) is 11.8 Å². The van der Waals surface area contributed by atoms with Crippen molar-refractivity contribution in [3.63, 3.8) is 0 Å². The summed E-state index contributed by atoms with van der Waals surface area (Å²) < 4.78 is 40.8. The van der Waals surface area contributed by atoms with E-state index in [1.165, 1.54) is 12.1 Å². The van der Waals surface area contributed by atoms with Crippen molar-refractivity contribution in [1.82, 2.24) is 9.88 Å². The number of nitrogens with one attached hydrogen (secondary N) is 1. The van der Waals surface area contributed by atoms with Gasteiger partial charge in [0, 0.05) is 29.6 Å². The Bertz CT molecular complexity index is 950. The lowest BCUT2D eigenvalue weighted by molar-refractivity contribution is -0.137. The zero-order chi connectivity index (χ0) is 18.4. The fraction of sp³-hybridized carbons (Fsp3) is 0.389. The molecule has 0 radical (unpaired) electrons. The topological polar surface area (TPSA) is 81.2 Å². The summed E-state index contributed by atoms with van der Waals surface area (Å²) in [5, 5.41) is 33.7. The first-order valence-corrected chi connectivity index (χ1v) is 8.34. The van der Waals surface area contributed by atoms with Crippen LogP contribution in [0, 0.1) is 23.2 Å². The van der Waals surface area contributed by atoms with Crippen LogP contribution in [0.15, 0.2) is 18.2 Å². The predicted molar refractivity (Wildman–Crippen MR) is 83.9 cm³/mol. The Balaban J connectivity index is 1.71. The number of rotatable bonds is 1. The Kier molecular flexibility index (Phi) is 2.84. The zero-order valence-corrected chi connectivity index (χ0v) is 13.4. The van der Waals surface area contributed by atoms with Gasteiger partial charge in [0.25, 0.3) is 0 Å². The molecule has 1 aromatic carbocycles. The fourth-order valence-corrected chi connectivity index (χ4v) is 4.77. The molecule has 0 spiro atoms. The third-order valence-corrected chi connectivity index (χ3v) is 5.96. The smallest absolute Gasteiger partial charge is 0.417 e. The minimum absolute atomic E-state index is 0.0196. The Hall–Kier alpha value is -2.66. The van der Waals surface area contributed by atoms with E-state index in [1.54, 1.807) is 0 Å². The lowest BCUT2D eigenvalue weighted by Crippen LogP contribution is -2.39. The van der Waals surface area contributed by atoms with E-state index in [2.05, 4.69) is 5.32 Å². The van der Waals surface area contributed by atoms with Gasteiger partial charge in [0.1, 0.15) is 0 Å². The number of piperidine rings is 1. The standard InChI is InChI=1S/C18H14F3N3O2/c19-18(20,21)12-3-8(2-1-7(12)5-22)24-16(25)13-11-6-23-15(10-4-9(10)11)14(13)17(24)26/h1-3,9-11,15,23,25-26H,4,6H2/t9-,10+,11-,15+/m1/s1. The van der Waals surface area contributed by atoms with Gasteiger partial charge in [-0.05, 0) is 36.5 Å². The highest BCUT2D eigenvalue weighted by Gasteiger charge is 2.59. The highest BCUT2D eigenvalue weighted by Crippen LogP contribution is 2.66. The fourth-order valence-electron chi connectivity index (χ4n) is 4.77. The van der Waals surface area contributed by atoms with Gasteiger partial charge in [0.2, 0.25) is 11.8 Å². The van der Waals surface area contributed by atoms with Crippen LogP contribution >= 0.6 is 0 Å². The first-order valence-electron chi connectivity index (χ1n) is 8.34. The van der Waals surface area contributed by atoms with Crippen LogP contribution in [-0.2, 0) is 6.18 Å². The van der Waals surface area contributed by atoms with Gasteiger partial charge in [0.15, 0.2) is 0 Å². The maximum absolute atomic E-state index is 13.3. The van der Waals surface area contributed by atoms with Gasteiger partial charge < -0.3 is 15.5 Å². The summed E-state index contributed by atoms with van der Waals surface area (Å²) in [5.74, 6) is 0.489. The van der Waals surface area contributed by atoms with E-state index in [0.29, 0.717) is 29.5 Å². The normalized spacial score (nSPS) is 28.4. The van der Waals surface area contributed by atoms with Crippen LogP contribution in [0.4, 0.5) is 13.2 Å². The number of hydrogen-bond donors (Lipinski definition) is 3. The average Bonchev–Trinajstić information content (AvgIpc) is 3.38. The van der Waals surface area contributed by atoms with Crippen LogP contribution < -0.4 is 5.32 Å². The Morgan fingerprint density at radius 2 is 1.88 bits per heavy atom. The minimum Gasteiger partial charge on any atom is -0.494 e. The second-order valence-electron chi connectivity index (χ2n) is 7.21. The molecule has 0 unspecified atom stereocenters. The van der Waals surface area contributed by atoms with Crippen LogP contribution in [0.2, 0.25) is 0 Å². The molecule has 1 saturated heterocycles. The van der Waals surface area contributed by atoms with Crippen molar-refractivity contribution in [3.05, 3.63) is 40.5 Å². The number of aromatic hydroxyl groups is 2. The van der Waals surface area contributed by atoms with E-state index >= 15 is 0 Å². The molecular weight excluding hydrogens is 347 g/mol. The van der Waals surface area contributed by atoms with Gasteiger partial charge in [0.05, 0.1) is 22.9 Å². The molecule has 2 aromatic rings. The molecule has 2 aliphatic heterocycles. The van der Waals surface area contributed by atoms with Crippen molar-refractivity contribution >= 4 is 0 Å². The van der Waals surface area contributed by atoms with E-state index in [-0.39, 0.29) is 29.4 Å². The van der Waals surface area contributed by atoms with E-state index in [0.717, 1.165) is 23.1 Å². The molecular formula is C18H14F3N3O2. The first kappa shape index (κ1) is 15.6. The first-order chi connectivity index (χ1) is 12.3. The number of fused-ring (bicyclic) bond motifs is 1. The molecule has 26 heavy (non-hydrogen) atoms. The largest absolute Gasteiger partial charge is 0.494 e. The molecule has 4 atom stereocenters. The van der Waals surface area contributed by atoms with Gasteiger partial charge >= 0.3 is 6.18 Å². The molecule has 2 aliphatic carbocycles. The van der Waals surface area contributed by atoms with Crippen molar-refractivity contribution in [2.75, 3.05) is 6.54 Å². The van der Waals surface area contributed by atoms with Crippen LogP contribution in [0.25, 0.3) is 5.69 Å².